The fourth-order valence-electron chi connectivity index (χ4n) is 2.04. The van der Waals surface area contributed by atoms with Crippen LogP contribution in [-0.2, 0) is 0 Å². The summed E-state index contributed by atoms with van der Waals surface area (Å²) in [5, 5.41) is 14.9. The second-order valence-corrected chi connectivity index (χ2v) is 5.46. The zero-order valence-electron chi connectivity index (χ0n) is 13.8. The van der Waals surface area contributed by atoms with Gasteiger partial charge in [-0.25, -0.2) is 9.97 Å². The van der Waals surface area contributed by atoms with Crippen molar-refractivity contribution in [2.24, 2.45) is 0 Å². The molecule has 2 rings (SSSR count). The molecule has 1 amide bonds. The van der Waals surface area contributed by atoms with Crippen LogP contribution in [-0.4, -0.2) is 48.0 Å². The van der Waals surface area contributed by atoms with Crippen molar-refractivity contribution in [2.45, 2.75) is 6.42 Å². The number of para-hydroxylation sites is 1. The van der Waals surface area contributed by atoms with Crippen LogP contribution < -0.4 is 10.6 Å². The van der Waals surface area contributed by atoms with Crippen LogP contribution in [0.5, 0.6) is 0 Å². The maximum atomic E-state index is 12.3. The summed E-state index contributed by atoms with van der Waals surface area (Å²) in [4.78, 5) is 22.7. The minimum atomic E-state index is -0.378. The fraction of sp³-hybridized carbons (Fsp3) is 0.294. The highest BCUT2D eigenvalue weighted by Gasteiger charge is 2.11. The average Bonchev–Trinajstić information content (AvgIpc) is 2.59. The molecule has 24 heavy (non-hydrogen) atoms. The third-order valence-electron chi connectivity index (χ3n) is 3.25. The van der Waals surface area contributed by atoms with Crippen LogP contribution in [0.15, 0.2) is 36.5 Å². The van der Waals surface area contributed by atoms with Crippen LogP contribution in [0, 0.1) is 11.3 Å². The molecule has 7 heteroatoms. The summed E-state index contributed by atoms with van der Waals surface area (Å²) in [6.45, 7) is 1.68. The highest BCUT2D eigenvalue weighted by atomic mass is 16.1. The smallest absolute Gasteiger partial charge is 0.274 e. The van der Waals surface area contributed by atoms with E-state index in [9.17, 15) is 4.79 Å². The molecule has 1 aromatic heterocycles. The Balaban J connectivity index is 2.00. The standard InChI is InChI=1S/C17H20N6O/c1-23(2)11-5-9-19-17-20-10-8-15(22-17)16(24)21-14-7-4-3-6-13(14)12-18/h3-4,6-8,10H,5,9,11H2,1-2H3,(H,21,24)(H,19,20,22). The van der Waals surface area contributed by atoms with Crippen molar-refractivity contribution in [3.63, 3.8) is 0 Å². The first-order valence-corrected chi connectivity index (χ1v) is 7.62. The summed E-state index contributed by atoms with van der Waals surface area (Å²) in [5.74, 6) is 0.0337. The number of aromatic nitrogens is 2. The van der Waals surface area contributed by atoms with Gasteiger partial charge in [-0.2, -0.15) is 5.26 Å². The van der Waals surface area contributed by atoms with Crippen LogP contribution in [0.1, 0.15) is 22.5 Å². The number of hydrogen-bond donors (Lipinski definition) is 2. The van der Waals surface area contributed by atoms with E-state index in [0.717, 1.165) is 19.5 Å². The van der Waals surface area contributed by atoms with Gasteiger partial charge in [-0.3, -0.25) is 4.79 Å². The molecule has 2 N–H and O–H groups in total. The van der Waals surface area contributed by atoms with Gasteiger partial charge in [-0.1, -0.05) is 12.1 Å². The lowest BCUT2D eigenvalue weighted by Crippen LogP contribution is -2.18. The molecule has 0 aliphatic rings. The highest BCUT2D eigenvalue weighted by Crippen LogP contribution is 2.14. The third kappa shape index (κ3) is 5.04. The van der Waals surface area contributed by atoms with Crippen LogP contribution in [0.4, 0.5) is 11.6 Å². The van der Waals surface area contributed by atoms with Crippen LogP contribution in [0.3, 0.4) is 0 Å². The van der Waals surface area contributed by atoms with Crippen molar-refractivity contribution >= 4 is 17.5 Å². The minimum Gasteiger partial charge on any atom is -0.354 e. The van der Waals surface area contributed by atoms with Crippen molar-refractivity contribution in [3.8, 4) is 6.07 Å². The molecule has 0 unspecified atom stereocenters. The van der Waals surface area contributed by atoms with Crippen LogP contribution in [0.2, 0.25) is 0 Å². The largest absolute Gasteiger partial charge is 0.354 e. The zero-order valence-corrected chi connectivity index (χ0v) is 13.8. The number of nitrogens with zero attached hydrogens (tertiary/aromatic N) is 4. The second kappa shape index (κ2) is 8.60. The van der Waals surface area contributed by atoms with Gasteiger partial charge < -0.3 is 15.5 Å². The Labute approximate surface area is 141 Å². The van der Waals surface area contributed by atoms with Crippen molar-refractivity contribution in [3.05, 3.63) is 47.8 Å². The Morgan fingerprint density at radius 2 is 2.08 bits per heavy atom. The van der Waals surface area contributed by atoms with Crippen molar-refractivity contribution in [2.75, 3.05) is 37.8 Å². The molecule has 124 valence electrons. The molecular formula is C17H20N6O. The van der Waals surface area contributed by atoms with E-state index in [1.807, 2.05) is 20.2 Å². The number of nitriles is 1. The predicted octanol–water partition coefficient (Wildman–Crippen LogP) is 1.96. The molecule has 1 aromatic carbocycles. The average molecular weight is 324 g/mol. The quantitative estimate of drug-likeness (QED) is 0.756. The maximum absolute atomic E-state index is 12.3. The van der Waals surface area contributed by atoms with E-state index in [0.29, 0.717) is 17.2 Å². The van der Waals surface area contributed by atoms with E-state index in [1.54, 1.807) is 24.3 Å². The number of anilines is 2. The van der Waals surface area contributed by atoms with Gasteiger partial charge in [-0.15, -0.1) is 0 Å². The number of nitrogens with one attached hydrogen (secondary N) is 2. The van der Waals surface area contributed by atoms with Crippen molar-refractivity contribution in [1.82, 2.24) is 14.9 Å². The fourth-order valence-corrected chi connectivity index (χ4v) is 2.04. The van der Waals surface area contributed by atoms with E-state index >= 15 is 0 Å². The number of carbonyl (C=O) groups is 1. The maximum Gasteiger partial charge on any atom is 0.274 e. The Morgan fingerprint density at radius 1 is 1.29 bits per heavy atom. The predicted molar refractivity (Wildman–Crippen MR) is 92.8 cm³/mol. The van der Waals surface area contributed by atoms with E-state index in [4.69, 9.17) is 5.26 Å². The normalized spacial score (nSPS) is 10.2. The molecule has 0 radical (unpaired) electrons. The Kier molecular flexibility index (Phi) is 6.23. The number of carbonyl (C=O) groups excluding carboxylic acids is 1. The van der Waals surface area contributed by atoms with Crippen molar-refractivity contribution in [1.29, 1.82) is 5.26 Å². The molecule has 0 bridgehead atoms. The van der Waals surface area contributed by atoms with Gasteiger partial charge in [0.1, 0.15) is 11.8 Å². The summed E-state index contributed by atoms with van der Waals surface area (Å²) in [6.07, 6.45) is 2.48. The van der Waals surface area contributed by atoms with Gasteiger partial charge in [0.15, 0.2) is 0 Å². The SMILES string of the molecule is CN(C)CCCNc1nccc(C(=O)Nc2ccccc2C#N)n1. The molecule has 0 aliphatic carbocycles. The zero-order chi connectivity index (χ0) is 17.4. The first kappa shape index (κ1) is 17.4. The highest BCUT2D eigenvalue weighted by molar-refractivity contribution is 6.03. The van der Waals surface area contributed by atoms with Crippen LogP contribution in [0.25, 0.3) is 0 Å². The number of rotatable bonds is 7. The topological polar surface area (TPSA) is 93.9 Å². The van der Waals surface area contributed by atoms with Gasteiger partial charge in [0.25, 0.3) is 5.91 Å². The molecule has 0 saturated carbocycles. The Bertz CT molecular complexity index is 738. The lowest BCUT2D eigenvalue weighted by molar-refractivity contribution is 0.102. The molecule has 0 saturated heterocycles. The first-order chi connectivity index (χ1) is 11.6. The summed E-state index contributed by atoms with van der Waals surface area (Å²) >= 11 is 0. The lowest BCUT2D eigenvalue weighted by atomic mass is 10.2. The Hall–Kier alpha value is -2.98. The van der Waals surface area contributed by atoms with Gasteiger partial charge >= 0.3 is 0 Å². The van der Waals surface area contributed by atoms with Gasteiger partial charge in [0, 0.05) is 12.7 Å². The van der Waals surface area contributed by atoms with Gasteiger partial charge in [0.2, 0.25) is 5.95 Å². The van der Waals surface area contributed by atoms with E-state index < -0.39 is 0 Å². The lowest BCUT2D eigenvalue weighted by Gasteiger charge is -2.10. The molecule has 0 spiro atoms. The number of amides is 1. The summed E-state index contributed by atoms with van der Waals surface area (Å²) < 4.78 is 0. The van der Waals surface area contributed by atoms with Crippen LogP contribution >= 0.6 is 0 Å². The number of hydrogen-bond acceptors (Lipinski definition) is 6. The summed E-state index contributed by atoms with van der Waals surface area (Å²) in [6, 6.07) is 10.4. The molecule has 0 aliphatic heterocycles. The first-order valence-electron chi connectivity index (χ1n) is 7.62. The molecular weight excluding hydrogens is 304 g/mol. The monoisotopic (exact) mass is 324 g/mol. The van der Waals surface area contributed by atoms with Gasteiger partial charge in [0.05, 0.1) is 11.3 Å². The Morgan fingerprint density at radius 3 is 2.83 bits per heavy atom. The number of benzene rings is 1. The molecule has 1 heterocycles. The minimum absolute atomic E-state index is 0.243. The summed E-state index contributed by atoms with van der Waals surface area (Å²) in [5.41, 5.74) is 1.11. The third-order valence-corrected chi connectivity index (χ3v) is 3.25. The summed E-state index contributed by atoms with van der Waals surface area (Å²) in [7, 11) is 4.03. The van der Waals surface area contributed by atoms with E-state index in [-0.39, 0.29) is 11.6 Å². The molecule has 2 aromatic rings. The molecule has 0 fully saturated rings. The van der Waals surface area contributed by atoms with Gasteiger partial charge in [-0.05, 0) is 45.3 Å². The van der Waals surface area contributed by atoms with E-state index in [2.05, 4.69) is 25.5 Å². The molecule has 7 nitrogen and oxygen atoms in total. The second-order valence-electron chi connectivity index (χ2n) is 5.46. The van der Waals surface area contributed by atoms with E-state index in [1.165, 1.54) is 12.3 Å². The van der Waals surface area contributed by atoms with Crippen molar-refractivity contribution < 1.29 is 4.79 Å². The molecule has 0 atom stereocenters.